The number of hydrogen-bond acceptors (Lipinski definition) is 2. The monoisotopic (exact) mass is 136 g/mol. The third kappa shape index (κ3) is 1.06. The SMILES string of the molecule is C#Cc1ccc(N)nc1F. The van der Waals surface area contributed by atoms with Crippen molar-refractivity contribution in [2.75, 3.05) is 5.73 Å². The molecule has 1 aromatic rings. The maximum absolute atomic E-state index is 12.5. The van der Waals surface area contributed by atoms with Crippen molar-refractivity contribution in [3.8, 4) is 12.3 Å². The van der Waals surface area contributed by atoms with Gasteiger partial charge in [0.25, 0.3) is 0 Å². The van der Waals surface area contributed by atoms with Crippen LogP contribution in [0.15, 0.2) is 12.1 Å². The Balaban J connectivity index is 3.23. The fourth-order valence-corrected chi connectivity index (χ4v) is 0.556. The Kier molecular flexibility index (Phi) is 1.55. The molecule has 10 heavy (non-hydrogen) atoms. The lowest BCUT2D eigenvalue weighted by atomic mass is 10.3. The summed E-state index contributed by atoms with van der Waals surface area (Å²) in [5.74, 6) is 1.57. The van der Waals surface area contributed by atoms with Crippen LogP contribution in [0, 0.1) is 18.3 Å². The molecule has 0 aliphatic heterocycles. The minimum atomic E-state index is -0.692. The number of hydrogen-bond donors (Lipinski definition) is 1. The number of anilines is 1. The second-order valence-corrected chi connectivity index (χ2v) is 1.72. The van der Waals surface area contributed by atoms with Gasteiger partial charge >= 0.3 is 0 Å². The van der Waals surface area contributed by atoms with Gasteiger partial charge in [0.05, 0.1) is 5.56 Å². The molecular formula is C7H5FN2. The molecule has 0 aliphatic carbocycles. The second-order valence-electron chi connectivity index (χ2n) is 1.72. The predicted octanol–water partition coefficient (Wildman–Crippen LogP) is 0.784. The zero-order valence-corrected chi connectivity index (χ0v) is 5.13. The summed E-state index contributed by atoms with van der Waals surface area (Å²) in [5.41, 5.74) is 5.30. The normalized spacial score (nSPS) is 8.80. The molecular weight excluding hydrogens is 131 g/mol. The summed E-state index contributed by atoms with van der Waals surface area (Å²) >= 11 is 0. The minimum Gasteiger partial charge on any atom is -0.384 e. The van der Waals surface area contributed by atoms with Crippen molar-refractivity contribution < 1.29 is 4.39 Å². The van der Waals surface area contributed by atoms with Crippen molar-refractivity contribution in [1.29, 1.82) is 0 Å². The quantitative estimate of drug-likeness (QED) is 0.423. The highest BCUT2D eigenvalue weighted by Gasteiger charge is 1.98. The summed E-state index contributed by atoms with van der Waals surface area (Å²) in [7, 11) is 0. The standard InChI is InChI=1S/C7H5FN2/c1-2-5-3-4-6(9)10-7(5)8/h1,3-4H,(H2,9,10). The topological polar surface area (TPSA) is 38.9 Å². The summed E-state index contributed by atoms with van der Waals surface area (Å²) in [6, 6.07) is 2.87. The summed E-state index contributed by atoms with van der Waals surface area (Å²) in [6.07, 6.45) is 4.93. The maximum Gasteiger partial charge on any atom is 0.230 e. The van der Waals surface area contributed by atoms with Crippen LogP contribution in [-0.2, 0) is 0 Å². The lowest BCUT2D eigenvalue weighted by molar-refractivity contribution is 0.582. The third-order valence-electron chi connectivity index (χ3n) is 1.03. The highest BCUT2D eigenvalue weighted by atomic mass is 19.1. The molecule has 2 nitrogen and oxygen atoms in total. The minimum absolute atomic E-state index is 0.134. The van der Waals surface area contributed by atoms with Crippen molar-refractivity contribution >= 4 is 5.82 Å². The summed E-state index contributed by atoms with van der Waals surface area (Å²) in [5, 5.41) is 0. The first-order valence-corrected chi connectivity index (χ1v) is 2.62. The second kappa shape index (κ2) is 2.36. The predicted molar refractivity (Wildman–Crippen MR) is 36.5 cm³/mol. The van der Waals surface area contributed by atoms with Crippen LogP contribution in [-0.4, -0.2) is 4.98 Å². The van der Waals surface area contributed by atoms with Gasteiger partial charge in [-0.2, -0.15) is 4.39 Å². The number of terminal acetylenes is 1. The molecule has 0 unspecified atom stereocenters. The molecule has 3 heteroatoms. The van der Waals surface area contributed by atoms with Gasteiger partial charge in [-0.1, -0.05) is 5.92 Å². The Hall–Kier alpha value is -1.56. The smallest absolute Gasteiger partial charge is 0.230 e. The van der Waals surface area contributed by atoms with Crippen molar-refractivity contribution in [2.45, 2.75) is 0 Å². The molecule has 0 amide bonds. The van der Waals surface area contributed by atoms with Crippen LogP contribution in [0.5, 0.6) is 0 Å². The molecule has 0 saturated carbocycles. The van der Waals surface area contributed by atoms with Gasteiger partial charge in [0.1, 0.15) is 5.82 Å². The first-order chi connectivity index (χ1) is 4.74. The van der Waals surface area contributed by atoms with Crippen LogP contribution in [0.4, 0.5) is 10.2 Å². The van der Waals surface area contributed by atoms with E-state index < -0.39 is 5.95 Å². The Morgan fingerprint density at radius 3 is 2.80 bits per heavy atom. The number of halogens is 1. The first-order valence-electron chi connectivity index (χ1n) is 2.62. The van der Waals surface area contributed by atoms with Gasteiger partial charge in [0, 0.05) is 0 Å². The number of rotatable bonds is 0. The highest BCUT2D eigenvalue weighted by Crippen LogP contribution is 2.04. The van der Waals surface area contributed by atoms with Gasteiger partial charge in [0.2, 0.25) is 5.95 Å². The van der Waals surface area contributed by atoms with Crippen molar-refractivity contribution in [3.63, 3.8) is 0 Å². The molecule has 0 radical (unpaired) electrons. The van der Waals surface area contributed by atoms with E-state index in [1.54, 1.807) is 0 Å². The third-order valence-corrected chi connectivity index (χ3v) is 1.03. The van der Waals surface area contributed by atoms with E-state index >= 15 is 0 Å². The Morgan fingerprint density at radius 1 is 1.60 bits per heavy atom. The van der Waals surface area contributed by atoms with Crippen LogP contribution in [0.3, 0.4) is 0 Å². The number of nitrogens with two attached hydrogens (primary N) is 1. The molecule has 2 N–H and O–H groups in total. The van der Waals surface area contributed by atoms with Gasteiger partial charge < -0.3 is 5.73 Å². The van der Waals surface area contributed by atoms with E-state index in [0.717, 1.165) is 0 Å². The fraction of sp³-hybridized carbons (Fsp3) is 0. The molecule has 1 rings (SSSR count). The summed E-state index contributed by atoms with van der Waals surface area (Å²) in [6.45, 7) is 0. The van der Waals surface area contributed by atoms with Crippen molar-refractivity contribution in [1.82, 2.24) is 4.98 Å². The van der Waals surface area contributed by atoms with E-state index in [2.05, 4.69) is 10.9 Å². The Labute approximate surface area is 57.9 Å². The molecule has 0 fully saturated rings. The largest absolute Gasteiger partial charge is 0.384 e. The van der Waals surface area contributed by atoms with Crippen LogP contribution >= 0.6 is 0 Å². The summed E-state index contributed by atoms with van der Waals surface area (Å²) < 4.78 is 12.5. The van der Waals surface area contributed by atoms with Crippen LogP contribution in [0.2, 0.25) is 0 Å². The molecule has 0 aromatic carbocycles. The van der Waals surface area contributed by atoms with E-state index in [4.69, 9.17) is 12.2 Å². The van der Waals surface area contributed by atoms with Gasteiger partial charge in [0.15, 0.2) is 0 Å². The van der Waals surface area contributed by atoms with Crippen molar-refractivity contribution in [2.24, 2.45) is 0 Å². The van der Waals surface area contributed by atoms with Crippen molar-refractivity contribution in [3.05, 3.63) is 23.6 Å². The van der Waals surface area contributed by atoms with Gasteiger partial charge in [-0.05, 0) is 12.1 Å². The average Bonchev–Trinajstić information content (AvgIpc) is 1.88. The molecule has 0 spiro atoms. The van der Waals surface area contributed by atoms with Crippen LogP contribution in [0.1, 0.15) is 5.56 Å². The van der Waals surface area contributed by atoms with E-state index in [1.165, 1.54) is 12.1 Å². The molecule has 0 bridgehead atoms. The van der Waals surface area contributed by atoms with E-state index in [1.807, 2.05) is 0 Å². The zero-order valence-electron chi connectivity index (χ0n) is 5.13. The fourth-order valence-electron chi connectivity index (χ4n) is 0.556. The Bertz CT molecular complexity index is 288. The van der Waals surface area contributed by atoms with Gasteiger partial charge in [-0.3, -0.25) is 0 Å². The molecule has 1 aromatic heterocycles. The van der Waals surface area contributed by atoms with Gasteiger partial charge in [-0.25, -0.2) is 4.98 Å². The number of pyridine rings is 1. The number of aromatic nitrogens is 1. The van der Waals surface area contributed by atoms with E-state index in [0.29, 0.717) is 0 Å². The highest BCUT2D eigenvalue weighted by molar-refractivity contribution is 5.37. The number of nitrogen functional groups attached to an aromatic ring is 1. The molecule has 0 atom stereocenters. The summed E-state index contributed by atoms with van der Waals surface area (Å²) in [4.78, 5) is 3.31. The molecule has 1 heterocycles. The zero-order chi connectivity index (χ0) is 7.56. The average molecular weight is 136 g/mol. The van der Waals surface area contributed by atoms with E-state index in [-0.39, 0.29) is 11.4 Å². The van der Waals surface area contributed by atoms with Gasteiger partial charge in [-0.15, -0.1) is 6.42 Å². The molecule has 0 aliphatic rings. The Morgan fingerprint density at radius 2 is 2.30 bits per heavy atom. The van der Waals surface area contributed by atoms with Crippen LogP contribution < -0.4 is 5.73 Å². The first kappa shape index (κ1) is 6.56. The molecule has 50 valence electrons. The lowest BCUT2D eigenvalue weighted by Gasteiger charge is -1.93. The molecule has 0 saturated heterocycles. The van der Waals surface area contributed by atoms with Crippen LogP contribution in [0.25, 0.3) is 0 Å². The lowest BCUT2D eigenvalue weighted by Crippen LogP contribution is -1.94. The number of nitrogens with zero attached hydrogens (tertiary/aromatic N) is 1. The maximum atomic E-state index is 12.5. The van der Waals surface area contributed by atoms with E-state index in [9.17, 15) is 4.39 Å².